The number of carbonyl (C=O) groups is 4. The van der Waals surface area contributed by atoms with E-state index in [-0.39, 0.29) is 47.6 Å². The Hall–Kier alpha value is -5.50. The molecule has 3 aliphatic rings. The lowest BCUT2D eigenvalue weighted by Crippen LogP contribution is -2.57. The highest BCUT2D eigenvalue weighted by molar-refractivity contribution is 7.58. The van der Waals surface area contributed by atoms with Crippen LogP contribution in [-0.2, 0) is 36.0 Å². The van der Waals surface area contributed by atoms with Gasteiger partial charge in [0.1, 0.15) is 24.4 Å². The molecule has 0 bridgehead atoms. The highest BCUT2D eigenvalue weighted by atomic mass is 32.1. The Labute approximate surface area is 362 Å². The number of hydrogen-bond acceptors (Lipinski definition) is 9. The van der Waals surface area contributed by atoms with Gasteiger partial charge in [0.05, 0.1) is 10.8 Å². The molecule has 5 aromatic rings. The molecule has 0 spiro atoms. The number of carbonyl (C=O) groups excluding carboxylic acids is 4. The molecule has 0 aliphatic carbocycles. The van der Waals surface area contributed by atoms with Crippen LogP contribution in [0.25, 0.3) is 10.1 Å². The summed E-state index contributed by atoms with van der Waals surface area (Å²) in [6, 6.07) is 21.5. The van der Waals surface area contributed by atoms with E-state index in [9.17, 15) is 23.7 Å². The molecule has 2 aromatic heterocycles. The lowest BCUT2D eigenvalue weighted by Gasteiger charge is -2.43. The summed E-state index contributed by atoms with van der Waals surface area (Å²) >= 11 is 1.09. The van der Waals surface area contributed by atoms with Crippen molar-refractivity contribution in [2.45, 2.75) is 82.3 Å². The van der Waals surface area contributed by atoms with E-state index in [0.29, 0.717) is 41.6 Å². The number of fused-ring (bicyclic) bond motifs is 2. The zero-order chi connectivity index (χ0) is 43.6. The van der Waals surface area contributed by atoms with Gasteiger partial charge in [0, 0.05) is 54.3 Å². The predicted molar refractivity (Wildman–Crippen MR) is 231 cm³/mol. The molecule has 3 amide bonds. The molecule has 16 heteroatoms. The summed E-state index contributed by atoms with van der Waals surface area (Å²) in [6.07, 6.45) is 7.11. The topological polar surface area (TPSA) is 147 Å². The van der Waals surface area contributed by atoms with Crippen LogP contribution in [0.5, 0.6) is 5.75 Å². The van der Waals surface area contributed by atoms with Gasteiger partial charge in [-0.05, 0) is 98.0 Å². The average molecular weight is 884 g/mol. The third-order valence-electron chi connectivity index (χ3n) is 12.1. The molecular formula is C46H48F2N5O7PS. The third kappa shape index (κ3) is 8.89. The summed E-state index contributed by atoms with van der Waals surface area (Å²) in [5.41, 5.74) is -1.84. The van der Waals surface area contributed by atoms with Gasteiger partial charge in [0.25, 0.3) is 5.91 Å². The second kappa shape index (κ2) is 18.1. The van der Waals surface area contributed by atoms with Crippen molar-refractivity contribution in [1.82, 2.24) is 25.2 Å². The van der Waals surface area contributed by atoms with Crippen molar-refractivity contribution >= 4 is 52.6 Å². The molecule has 2 N–H and O–H groups in total. The minimum Gasteiger partial charge on any atom is -0.460 e. The Morgan fingerprint density at radius 2 is 1.71 bits per heavy atom. The van der Waals surface area contributed by atoms with Crippen molar-refractivity contribution in [3.05, 3.63) is 131 Å². The Morgan fingerprint density at radius 1 is 0.968 bits per heavy atom. The maximum absolute atomic E-state index is 16.7. The number of ether oxygens (including phenoxy) is 1. The third-order valence-corrected chi connectivity index (χ3v) is 15.4. The fourth-order valence-corrected chi connectivity index (χ4v) is 11.4. The summed E-state index contributed by atoms with van der Waals surface area (Å²) in [4.78, 5) is 62.5. The number of nitrogens with zero attached hydrogens (tertiary/aromatic N) is 3. The van der Waals surface area contributed by atoms with E-state index in [1.54, 1.807) is 59.6 Å². The number of alkyl halides is 2. The lowest BCUT2D eigenvalue weighted by atomic mass is 9.89. The number of nitrogens with one attached hydrogen (secondary N) is 2. The predicted octanol–water partition coefficient (Wildman–Crippen LogP) is 8.16. The fourth-order valence-electron chi connectivity index (χ4n) is 8.61. The van der Waals surface area contributed by atoms with Gasteiger partial charge in [-0.25, -0.2) is 5.09 Å². The van der Waals surface area contributed by atoms with Crippen molar-refractivity contribution in [3.63, 3.8) is 0 Å². The largest absolute Gasteiger partial charge is 0.460 e. The van der Waals surface area contributed by atoms with Crippen molar-refractivity contribution in [1.29, 1.82) is 0 Å². The van der Waals surface area contributed by atoms with E-state index in [4.69, 9.17) is 9.26 Å². The zero-order valence-electron chi connectivity index (χ0n) is 34.4. The number of likely N-dealkylation sites (tertiary alicyclic amines) is 1. The van der Waals surface area contributed by atoms with Gasteiger partial charge < -0.3 is 24.4 Å². The van der Waals surface area contributed by atoms with Gasteiger partial charge in [-0.2, -0.15) is 8.78 Å². The first-order chi connectivity index (χ1) is 29.8. The summed E-state index contributed by atoms with van der Waals surface area (Å²) in [5, 5.41) is 5.48. The molecule has 3 aliphatic heterocycles. The van der Waals surface area contributed by atoms with E-state index < -0.39 is 48.6 Å². The fraction of sp³-hybridized carbons (Fsp3) is 0.370. The molecule has 5 heterocycles. The molecule has 62 heavy (non-hydrogen) atoms. The van der Waals surface area contributed by atoms with Crippen LogP contribution in [0.1, 0.15) is 76.9 Å². The molecule has 2 unspecified atom stereocenters. The van der Waals surface area contributed by atoms with Crippen molar-refractivity contribution in [2.24, 2.45) is 5.92 Å². The first-order valence-corrected chi connectivity index (χ1v) is 23.3. The van der Waals surface area contributed by atoms with Gasteiger partial charge in [-0.15, -0.1) is 11.3 Å². The molecule has 8 rings (SSSR count). The number of amides is 3. The van der Waals surface area contributed by atoms with Crippen molar-refractivity contribution < 1.29 is 41.8 Å². The second-order valence-electron chi connectivity index (χ2n) is 16.3. The van der Waals surface area contributed by atoms with Crippen LogP contribution in [0.2, 0.25) is 0 Å². The van der Waals surface area contributed by atoms with Gasteiger partial charge in [0.15, 0.2) is 0 Å². The molecule has 3 fully saturated rings. The van der Waals surface area contributed by atoms with E-state index in [0.717, 1.165) is 53.9 Å². The maximum Gasteiger partial charge on any atom is 0.390 e. The molecular weight excluding hydrogens is 836 g/mol. The maximum atomic E-state index is 16.7. The number of aromatic nitrogens is 1. The van der Waals surface area contributed by atoms with Crippen LogP contribution < -0.4 is 14.9 Å². The quantitative estimate of drug-likeness (QED) is 0.0833. The SMILES string of the molecule is Cc1ccncc1C1CN(C(=O)[C@@H]2CC[C@@H]3CCCC(CNC(=O)c4cc5cc(C(F)(F)P(=O)(N[C@@H](C)C(=O)OCc6ccccc6)Oc6ccccc6)ccc5s4)C(=O)N32)C1. The number of pyridine rings is 1. The smallest absolute Gasteiger partial charge is 0.390 e. The summed E-state index contributed by atoms with van der Waals surface area (Å²) < 4.78 is 59.1. The highest BCUT2D eigenvalue weighted by Crippen LogP contribution is 2.63. The van der Waals surface area contributed by atoms with Crippen molar-refractivity contribution in [3.8, 4) is 5.75 Å². The highest BCUT2D eigenvalue weighted by Gasteiger charge is 2.56. The molecule has 0 radical (unpaired) electrons. The molecule has 3 aromatic carbocycles. The minimum atomic E-state index is -5.26. The van der Waals surface area contributed by atoms with Gasteiger partial charge in [0.2, 0.25) is 11.8 Å². The number of aryl methyl sites for hydroxylation is 1. The number of para-hydroxylation sites is 1. The van der Waals surface area contributed by atoms with E-state index in [2.05, 4.69) is 15.4 Å². The molecule has 12 nitrogen and oxygen atoms in total. The van der Waals surface area contributed by atoms with E-state index in [1.807, 2.05) is 24.1 Å². The van der Waals surface area contributed by atoms with E-state index in [1.165, 1.54) is 31.2 Å². The van der Waals surface area contributed by atoms with Crippen LogP contribution in [0, 0.1) is 12.8 Å². The van der Waals surface area contributed by atoms with Crippen LogP contribution in [-0.4, -0.2) is 76.2 Å². The number of benzene rings is 3. The van der Waals surface area contributed by atoms with E-state index >= 15 is 8.78 Å². The second-order valence-corrected chi connectivity index (χ2v) is 19.5. The number of halogens is 2. The molecule has 3 saturated heterocycles. The van der Waals surface area contributed by atoms with Crippen molar-refractivity contribution in [2.75, 3.05) is 19.6 Å². The van der Waals surface area contributed by atoms with Crippen LogP contribution in [0.4, 0.5) is 8.78 Å². The molecule has 324 valence electrons. The Balaban J connectivity index is 0.931. The number of hydrogen-bond donors (Lipinski definition) is 2. The Bertz CT molecular complexity index is 2500. The standard InChI is InChI=1S/C46H48F2N5O7PS/c1-29-20-21-49-25-38(29)34-26-52(27-34)44(56)39-18-17-36-13-9-12-32(43(55)53(36)39)24-50-42(54)41-23-33-22-35(16-19-40(33)62-41)46(47,48)61(58,60-37-14-7-4-8-15-37)51-30(2)45(57)59-28-31-10-5-3-6-11-31/h3-8,10-11,14-16,19-23,25,30,32,34,36,39H,9,12-13,17-18,24,26-28H2,1-2H3,(H,50,54)(H,51,58)/t30-,32?,36-,39-,61?/m0/s1. The van der Waals surface area contributed by atoms with Gasteiger partial charge >= 0.3 is 19.2 Å². The van der Waals surface area contributed by atoms with Crippen LogP contribution in [0.3, 0.4) is 0 Å². The average Bonchev–Trinajstić information content (AvgIpc) is 3.85. The summed E-state index contributed by atoms with van der Waals surface area (Å²) in [5.74, 6) is -1.95. The number of rotatable bonds is 14. The summed E-state index contributed by atoms with van der Waals surface area (Å²) in [7, 11) is -5.26. The first-order valence-electron chi connectivity index (χ1n) is 20.9. The summed E-state index contributed by atoms with van der Waals surface area (Å²) in [6.45, 7) is 4.44. The Morgan fingerprint density at radius 3 is 2.45 bits per heavy atom. The van der Waals surface area contributed by atoms with Crippen LogP contribution >= 0.6 is 18.9 Å². The molecule has 0 saturated carbocycles. The van der Waals surface area contributed by atoms with Crippen LogP contribution in [0.15, 0.2) is 103 Å². The lowest BCUT2D eigenvalue weighted by molar-refractivity contribution is -0.149. The number of esters is 1. The minimum absolute atomic E-state index is 0.0232. The Kier molecular flexibility index (Phi) is 12.6. The number of thiophene rings is 1. The normalized spacial score (nSPS) is 20.7. The first kappa shape index (κ1) is 43.2. The van der Waals surface area contributed by atoms with Gasteiger partial charge in [-0.3, -0.25) is 28.7 Å². The monoisotopic (exact) mass is 883 g/mol. The van der Waals surface area contributed by atoms with Gasteiger partial charge in [-0.1, -0.05) is 61.0 Å². The molecule has 5 atom stereocenters. The zero-order valence-corrected chi connectivity index (χ0v) is 36.1.